The number of hydrogen-bond donors (Lipinski definition) is 2. The summed E-state index contributed by atoms with van der Waals surface area (Å²) in [7, 11) is 0. The van der Waals surface area contributed by atoms with E-state index in [0.29, 0.717) is 17.9 Å². The lowest BCUT2D eigenvalue weighted by Gasteiger charge is -2.18. The van der Waals surface area contributed by atoms with Crippen LogP contribution in [0.15, 0.2) is 42.6 Å². The number of nitrogens with one attached hydrogen (secondary N) is 1. The summed E-state index contributed by atoms with van der Waals surface area (Å²) in [5, 5.41) is 3.25. The van der Waals surface area contributed by atoms with Gasteiger partial charge >= 0.3 is 0 Å². The summed E-state index contributed by atoms with van der Waals surface area (Å²) >= 11 is 0. The van der Waals surface area contributed by atoms with E-state index < -0.39 is 5.91 Å². The Morgan fingerprint density at radius 3 is 2.61 bits per heavy atom. The van der Waals surface area contributed by atoms with Gasteiger partial charge in [0, 0.05) is 19.3 Å². The van der Waals surface area contributed by atoms with Gasteiger partial charge in [0.25, 0.3) is 5.91 Å². The molecule has 1 fully saturated rings. The molecule has 3 rings (SSSR count). The number of likely N-dealkylation sites (tertiary alicyclic amines) is 1. The van der Waals surface area contributed by atoms with Crippen LogP contribution in [0.1, 0.15) is 34.3 Å². The molecule has 2 aromatic rings. The molecule has 0 aliphatic carbocycles. The van der Waals surface area contributed by atoms with E-state index in [1.807, 2.05) is 6.07 Å². The molecule has 0 radical (unpaired) electrons. The van der Waals surface area contributed by atoms with E-state index >= 15 is 0 Å². The summed E-state index contributed by atoms with van der Waals surface area (Å²) in [6.45, 7) is 3.95. The average molecular weight is 310 g/mol. The van der Waals surface area contributed by atoms with E-state index in [1.54, 1.807) is 18.3 Å². The van der Waals surface area contributed by atoms with E-state index in [2.05, 4.69) is 33.4 Å². The average Bonchev–Trinajstić information content (AvgIpc) is 3.07. The fraction of sp³-hybridized carbons (Fsp3) is 0.333. The predicted octanol–water partition coefficient (Wildman–Crippen LogP) is 2.39. The number of nitrogens with two attached hydrogens (primary N) is 1. The van der Waals surface area contributed by atoms with Crippen LogP contribution in [-0.4, -0.2) is 28.9 Å². The Labute approximate surface area is 136 Å². The summed E-state index contributed by atoms with van der Waals surface area (Å²) in [5.74, 6) is 0.0712. The van der Waals surface area contributed by atoms with Crippen molar-refractivity contribution in [3.05, 3.63) is 59.3 Å². The quantitative estimate of drug-likeness (QED) is 0.859. The van der Waals surface area contributed by atoms with Crippen LogP contribution >= 0.6 is 0 Å². The molecule has 1 amide bonds. The summed E-state index contributed by atoms with van der Waals surface area (Å²) < 4.78 is 0. The fourth-order valence-corrected chi connectivity index (χ4v) is 2.99. The predicted molar refractivity (Wildman–Crippen MR) is 91.0 cm³/mol. The largest absolute Gasteiger partial charge is 0.365 e. The van der Waals surface area contributed by atoms with Crippen molar-refractivity contribution in [2.75, 3.05) is 18.4 Å². The Balaban J connectivity index is 1.72. The molecule has 0 atom stereocenters. The first kappa shape index (κ1) is 15.5. The first-order valence-corrected chi connectivity index (χ1v) is 8.02. The molecule has 1 saturated heterocycles. The Morgan fingerprint density at radius 1 is 1.13 bits per heavy atom. The van der Waals surface area contributed by atoms with Gasteiger partial charge < -0.3 is 11.1 Å². The smallest absolute Gasteiger partial charge is 0.252 e. The number of hydrogen-bond acceptors (Lipinski definition) is 4. The van der Waals surface area contributed by atoms with Gasteiger partial charge in [0.1, 0.15) is 5.82 Å². The molecule has 5 heteroatoms. The van der Waals surface area contributed by atoms with Crippen LogP contribution in [0.3, 0.4) is 0 Å². The Kier molecular flexibility index (Phi) is 4.88. The topological polar surface area (TPSA) is 71.2 Å². The number of benzene rings is 1. The van der Waals surface area contributed by atoms with E-state index in [-0.39, 0.29) is 0 Å². The second kappa shape index (κ2) is 7.24. The lowest BCUT2D eigenvalue weighted by Crippen LogP contribution is -2.20. The van der Waals surface area contributed by atoms with E-state index in [4.69, 9.17) is 5.73 Å². The van der Waals surface area contributed by atoms with Crippen LogP contribution in [0, 0.1) is 0 Å². The van der Waals surface area contributed by atoms with Crippen molar-refractivity contribution in [1.82, 2.24) is 9.88 Å². The molecule has 0 spiro atoms. The van der Waals surface area contributed by atoms with Crippen molar-refractivity contribution >= 4 is 11.7 Å². The van der Waals surface area contributed by atoms with Crippen LogP contribution in [0.4, 0.5) is 5.82 Å². The van der Waals surface area contributed by atoms with Gasteiger partial charge in [0.15, 0.2) is 0 Å². The third-order valence-electron chi connectivity index (χ3n) is 4.23. The second-order valence-electron chi connectivity index (χ2n) is 5.87. The van der Waals surface area contributed by atoms with Gasteiger partial charge in [0.05, 0.1) is 5.56 Å². The highest BCUT2D eigenvalue weighted by molar-refractivity contribution is 5.97. The van der Waals surface area contributed by atoms with Crippen molar-refractivity contribution in [2.45, 2.75) is 25.9 Å². The number of amides is 1. The van der Waals surface area contributed by atoms with E-state index in [0.717, 1.165) is 6.54 Å². The molecule has 1 aromatic carbocycles. The molecule has 5 nitrogen and oxygen atoms in total. The van der Waals surface area contributed by atoms with Crippen molar-refractivity contribution in [3.63, 3.8) is 0 Å². The number of carbonyl (C=O) groups excluding carboxylic acids is 1. The van der Waals surface area contributed by atoms with Gasteiger partial charge in [-0.15, -0.1) is 0 Å². The zero-order valence-electron chi connectivity index (χ0n) is 13.2. The van der Waals surface area contributed by atoms with Crippen molar-refractivity contribution in [2.24, 2.45) is 5.73 Å². The zero-order valence-corrected chi connectivity index (χ0v) is 13.2. The summed E-state index contributed by atoms with van der Waals surface area (Å²) in [6.07, 6.45) is 4.23. The minimum Gasteiger partial charge on any atom is -0.365 e. The normalized spacial score (nSPS) is 14.8. The van der Waals surface area contributed by atoms with Crippen LogP contribution in [0.2, 0.25) is 0 Å². The summed E-state index contributed by atoms with van der Waals surface area (Å²) in [5.41, 5.74) is 8.36. The molecule has 0 saturated carbocycles. The van der Waals surface area contributed by atoms with Crippen LogP contribution in [0.5, 0.6) is 0 Å². The third kappa shape index (κ3) is 3.87. The molecule has 1 aromatic heterocycles. The van der Waals surface area contributed by atoms with Crippen LogP contribution < -0.4 is 11.1 Å². The monoisotopic (exact) mass is 310 g/mol. The number of primary amides is 1. The highest BCUT2D eigenvalue weighted by atomic mass is 16.1. The molecule has 3 N–H and O–H groups in total. The van der Waals surface area contributed by atoms with Crippen molar-refractivity contribution in [3.8, 4) is 0 Å². The molecule has 0 bridgehead atoms. The maximum absolute atomic E-state index is 11.5. The molecule has 120 valence electrons. The lowest BCUT2D eigenvalue weighted by atomic mass is 10.1. The zero-order chi connectivity index (χ0) is 16.1. The number of pyridine rings is 1. The van der Waals surface area contributed by atoms with Crippen molar-refractivity contribution < 1.29 is 4.79 Å². The van der Waals surface area contributed by atoms with Gasteiger partial charge in [-0.3, -0.25) is 9.69 Å². The first-order chi connectivity index (χ1) is 11.2. The van der Waals surface area contributed by atoms with Gasteiger partial charge in [-0.2, -0.15) is 0 Å². The molecular formula is C18H22N4O. The Hall–Kier alpha value is -2.40. The van der Waals surface area contributed by atoms with E-state index in [9.17, 15) is 4.79 Å². The van der Waals surface area contributed by atoms with E-state index in [1.165, 1.54) is 37.1 Å². The summed E-state index contributed by atoms with van der Waals surface area (Å²) in [4.78, 5) is 18.2. The Morgan fingerprint density at radius 2 is 1.87 bits per heavy atom. The lowest BCUT2D eigenvalue weighted by molar-refractivity contribution is 0.100. The maximum Gasteiger partial charge on any atom is 0.252 e. The number of nitrogens with zero attached hydrogens (tertiary/aromatic N) is 2. The fourth-order valence-electron chi connectivity index (χ4n) is 2.99. The minimum absolute atomic E-state index is 0.421. The number of aromatic nitrogens is 1. The second-order valence-corrected chi connectivity index (χ2v) is 5.87. The van der Waals surface area contributed by atoms with Gasteiger partial charge in [-0.25, -0.2) is 4.98 Å². The SMILES string of the molecule is NC(=O)c1cccnc1NCc1ccccc1CN1CCCC1. The van der Waals surface area contributed by atoms with Crippen LogP contribution in [0.25, 0.3) is 0 Å². The van der Waals surface area contributed by atoms with Crippen molar-refractivity contribution in [1.29, 1.82) is 0 Å². The highest BCUT2D eigenvalue weighted by Crippen LogP contribution is 2.18. The molecule has 0 unspecified atom stereocenters. The highest BCUT2D eigenvalue weighted by Gasteiger charge is 2.14. The number of rotatable bonds is 6. The van der Waals surface area contributed by atoms with Gasteiger partial charge in [0.2, 0.25) is 0 Å². The molecule has 23 heavy (non-hydrogen) atoms. The summed E-state index contributed by atoms with van der Waals surface area (Å²) in [6, 6.07) is 11.8. The maximum atomic E-state index is 11.5. The number of carbonyl (C=O) groups is 1. The molecular weight excluding hydrogens is 288 g/mol. The third-order valence-corrected chi connectivity index (χ3v) is 4.23. The van der Waals surface area contributed by atoms with Gasteiger partial charge in [-0.05, 0) is 49.2 Å². The standard InChI is InChI=1S/C18H22N4O/c19-17(23)16-8-5-9-20-18(16)21-12-14-6-1-2-7-15(14)13-22-10-3-4-11-22/h1-2,5-9H,3-4,10-13H2,(H2,19,23)(H,20,21). The number of anilines is 1. The molecule has 1 aliphatic rings. The molecule has 1 aliphatic heterocycles. The van der Waals surface area contributed by atoms with Gasteiger partial charge in [-0.1, -0.05) is 24.3 Å². The molecule has 2 heterocycles. The Bertz CT molecular complexity index is 680. The van der Waals surface area contributed by atoms with Crippen LogP contribution in [-0.2, 0) is 13.1 Å². The minimum atomic E-state index is -0.467. The first-order valence-electron chi connectivity index (χ1n) is 8.02.